The highest BCUT2D eigenvalue weighted by atomic mass is 32.2. The zero-order valence-electron chi connectivity index (χ0n) is 15.3. The molecule has 3 rings (SSSR count). The molecule has 1 aliphatic rings. The number of nitrogens with one attached hydrogen (secondary N) is 2. The number of thioether (sulfide) groups is 1. The predicted molar refractivity (Wildman–Crippen MR) is 106 cm³/mol. The topological polar surface area (TPSA) is 75.3 Å². The van der Waals surface area contributed by atoms with Gasteiger partial charge in [-0.25, -0.2) is 8.42 Å². The molecule has 0 spiro atoms. The Labute approximate surface area is 167 Å². The molecule has 0 aliphatic heterocycles. The second kappa shape index (κ2) is 8.08. The van der Waals surface area contributed by atoms with Crippen LogP contribution in [0.1, 0.15) is 18.9 Å². The average Bonchev–Trinajstić information content (AvgIpc) is 3.34. The highest BCUT2D eigenvalue weighted by molar-refractivity contribution is 7.99. The van der Waals surface area contributed by atoms with Crippen LogP contribution in [0.15, 0.2) is 52.3 Å². The molecule has 0 heterocycles. The minimum atomic E-state index is -3.91. The summed E-state index contributed by atoms with van der Waals surface area (Å²) in [5.74, 6) is -2.33. The van der Waals surface area contributed by atoms with Crippen LogP contribution in [0.4, 0.5) is 20.2 Å². The lowest BCUT2D eigenvalue weighted by Crippen LogP contribution is -2.17. The second-order valence-electron chi connectivity index (χ2n) is 6.80. The van der Waals surface area contributed by atoms with Gasteiger partial charge in [0.15, 0.2) is 0 Å². The molecule has 1 saturated carbocycles. The van der Waals surface area contributed by atoms with E-state index in [1.54, 1.807) is 19.1 Å². The van der Waals surface area contributed by atoms with E-state index in [0.717, 1.165) is 6.42 Å². The second-order valence-corrected chi connectivity index (χ2v) is 9.51. The van der Waals surface area contributed by atoms with Crippen molar-refractivity contribution >= 4 is 39.1 Å². The molecule has 28 heavy (non-hydrogen) atoms. The van der Waals surface area contributed by atoms with Crippen molar-refractivity contribution in [3.05, 3.63) is 48.0 Å². The molecule has 0 radical (unpaired) electrons. The summed E-state index contributed by atoms with van der Waals surface area (Å²) in [6, 6.07) is 10.4. The molecule has 1 amide bonds. The molecular weight excluding hydrogens is 406 g/mol. The number of amides is 1. The Morgan fingerprint density at radius 1 is 1.14 bits per heavy atom. The van der Waals surface area contributed by atoms with E-state index in [2.05, 4.69) is 10.0 Å². The van der Waals surface area contributed by atoms with Crippen LogP contribution in [0.5, 0.6) is 0 Å². The van der Waals surface area contributed by atoms with E-state index in [1.807, 2.05) is 6.92 Å². The first kappa shape index (κ1) is 20.6. The summed E-state index contributed by atoms with van der Waals surface area (Å²) in [7, 11) is -3.91. The molecule has 0 bridgehead atoms. The number of anilines is 2. The summed E-state index contributed by atoms with van der Waals surface area (Å²) < 4.78 is 52.8. The smallest absolute Gasteiger partial charge is 0.288 e. The number of hydrogen-bond acceptors (Lipinski definition) is 4. The van der Waals surface area contributed by atoms with Crippen LogP contribution in [-0.2, 0) is 14.8 Å². The minimum absolute atomic E-state index is 0.0240. The summed E-state index contributed by atoms with van der Waals surface area (Å²) in [6.07, 6.45) is 0.838. The van der Waals surface area contributed by atoms with Gasteiger partial charge < -0.3 is 5.32 Å². The van der Waals surface area contributed by atoms with Crippen molar-refractivity contribution in [1.29, 1.82) is 0 Å². The monoisotopic (exact) mass is 426 g/mol. The van der Waals surface area contributed by atoms with Crippen LogP contribution in [0.3, 0.4) is 0 Å². The van der Waals surface area contributed by atoms with Crippen LogP contribution < -0.4 is 10.0 Å². The maximum atomic E-state index is 12.8. The van der Waals surface area contributed by atoms with Gasteiger partial charge in [0.1, 0.15) is 0 Å². The van der Waals surface area contributed by atoms with E-state index in [1.165, 1.54) is 30.3 Å². The van der Waals surface area contributed by atoms with Gasteiger partial charge in [-0.3, -0.25) is 9.52 Å². The molecule has 0 saturated heterocycles. The summed E-state index contributed by atoms with van der Waals surface area (Å²) in [4.78, 5) is 12.5. The molecule has 2 unspecified atom stereocenters. The zero-order chi connectivity index (χ0) is 20.5. The Hall–Kier alpha value is -2.13. The van der Waals surface area contributed by atoms with E-state index >= 15 is 0 Å². The molecule has 2 aromatic carbocycles. The van der Waals surface area contributed by atoms with E-state index in [-0.39, 0.29) is 22.4 Å². The van der Waals surface area contributed by atoms with Gasteiger partial charge >= 0.3 is 0 Å². The SMILES string of the molecule is Cc1ccc(NC(=O)C2CC2C)cc1S(=O)(=O)Nc1ccc(SC(F)F)cc1. The van der Waals surface area contributed by atoms with Crippen molar-refractivity contribution in [2.75, 3.05) is 10.0 Å². The lowest BCUT2D eigenvalue weighted by molar-refractivity contribution is -0.117. The van der Waals surface area contributed by atoms with Crippen LogP contribution >= 0.6 is 11.8 Å². The third-order valence-corrected chi connectivity index (χ3v) is 6.77. The molecule has 2 atom stereocenters. The van der Waals surface area contributed by atoms with Crippen LogP contribution in [0.25, 0.3) is 0 Å². The zero-order valence-corrected chi connectivity index (χ0v) is 16.9. The maximum absolute atomic E-state index is 12.8. The van der Waals surface area contributed by atoms with Crippen LogP contribution in [0.2, 0.25) is 0 Å². The number of halogens is 2. The van der Waals surface area contributed by atoms with Gasteiger partial charge in [0.25, 0.3) is 15.8 Å². The fraction of sp³-hybridized carbons (Fsp3) is 0.316. The number of rotatable bonds is 7. The van der Waals surface area contributed by atoms with Gasteiger partial charge in [-0.2, -0.15) is 8.78 Å². The average molecular weight is 427 g/mol. The lowest BCUT2D eigenvalue weighted by Gasteiger charge is -2.13. The van der Waals surface area contributed by atoms with E-state index in [9.17, 15) is 22.0 Å². The number of sulfonamides is 1. The largest absolute Gasteiger partial charge is 0.326 e. The quantitative estimate of drug-likeness (QED) is 0.629. The minimum Gasteiger partial charge on any atom is -0.326 e. The Kier molecular flexibility index (Phi) is 5.95. The number of benzene rings is 2. The fourth-order valence-corrected chi connectivity index (χ4v) is 4.63. The van der Waals surface area contributed by atoms with Crippen molar-refractivity contribution in [3.63, 3.8) is 0 Å². The number of carbonyl (C=O) groups is 1. The first-order chi connectivity index (χ1) is 13.2. The first-order valence-electron chi connectivity index (χ1n) is 8.65. The third kappa shape index (κ3) is 5.02. The van der Waals surface area contributed by atoms with E-state index in [4.69, 9.17) is 0 Å². The van der Waals surface area contributed by atoms with Crippen LogP contribution in [-0.4, -0.2) is 20.1 Å². The summed E-state index contributed by atoms with van der Waals surface area (Å²) in [5, 5.41) is 2.76. The molecule has 150 valence electrons. The van der Waals surface area contributed by atoms with Gasteiger partial charge in [-0.15, -0.1) is 0 Å². The maximum Gasteiger partial charge on any atom is 0.288 e. The Bertz CT molecular complexity index is 979. The molecule has 5 nitrogen and oxygen atoms in total. The van der Waals surface area contributed by atoms with Gasteiger partial charge in [-0.05, 0) is 61.2 Å². The van der Waals surface area contributed by atoms with Crippen molar-refractivity contribution in [2.45, 2.75) is 35.8 Å². The van der Waals surface area contributed by atoms with Crippen molar-refractivity contribution in [1.82, 2.24) is 0 Å². The van der Waals surface area contributed by atoms with Gasteiger partial charge in [0.05, 0.1) is 4.90 Å². The lowest BCUT2D eigenvalue weighted by atomic mass is 10.2. The molecule has 0 aromatic heterocycles. The normalized spacial score (nSPS) is 18.8. The summed E-state index contributed by atoms with van der Waals surface area (Å²) in [5.41, 5.74) is 1.20. The molecule has 9 heteroatoms. The fourth-order valence-electron chi connectivity index (χ4n) is 2.80. The molecule has 1 aliphatic carbocycles. The van der Waals surface area contributed by atoms with Crippen molar-refractivity contribution in [3.8, 4) is 0 Å². The Morgan fingerprint density at radius 2 is 1.75 bits per heavy atom. The molecule has 2 aromatic rings. The molecule has 2 N–H and O–H groups in total. The summed E-state index contributed by atoms with van der Waals surface area (Å²) in [6.45, 7) is 3.65. The molecular formula is C19H20F2N2O3S2. The number of carbonyl (C=O) groups excluding carboxylic acids is 1. The van der Waals surface area contributed by atoms with Crippen molar-refractivity contribution < 1.29 is 22.0 Å². The first-order valence-corrected chi connectivity index (χ1v) is 11.0. The number of alkyl halides is 2. The highest BCUT2D eigenvalue weighted by Gasteiger charge is 2.39. The van der Waals surface area contributed by atoms with Gasteiger partial charge in [0.2, 0.25) is 5.91 Å². The van der Waals surface area contributed by atoms with Crippen molar-refractivity contribution in [2.24, 2.45) is 11.8 Å². The highest BCUT2D eigenvalue weighted by Crippen LogP contribution is 2.38. The Balaban J connectivity index is 1.77. The van der Waals surface area contributed by atoms with E-state index < -0.39 is 15.8 Å². The van der Waals surface area contributed by atoms with E-state index in [0.29, 0.717) is 33.8 Å². The Morgan fingerprint density at radius 3 is 2.32 bits per heavy atom. The molecule has 1 fully saturated rings. The third-order valence-electron chi connectivity index (χ3n) is 4.52. The van der Waals surface area contributed by atoms with Crippen LogP contribution in [0, 0.1) is 18.8 Å². The summed E-state index contributed by atoms with van der Waals surface area (Å²) >= 11 is 0.388. The van der Waals surface area contributed by atoms with Gasteiger partial charge in [0, 0.05) is 22.2 Å². The number of aryl methyl sites for hydroxylation is 1. The van der Waals surface area contributed by atoms with Gasteiger partial charge in [-0.1, -0.05) is 24.8 Å². The predicted octanol–water partition coefficient (Wildman–Crippen LogP) is 4.71. The number of hydrogen-bond donors (Lipinski definition) is 2. The standard InChI is InChI=1S/C19H20F2N2O3S2/c1-11-3-4-14(22-18(24)16-9-12(16)2)10-17(11)28(25,26)23-13-5-7-15(8-6-13)27-19(20)21/h3-8,10,12,16,19,23H,9H2,1-2H3,(H,22,24).